The molecule has 7 heteroatoms. The van der Waals surface area contributed by atoms with E-state index in [-0.39, 0.29) is 12.0 Å². The Morgan fingerprint density at radius 2 is 1.90 bits per heavy atom. The van der Waals surface area contributed by atoms with Crippen molar-refractivity contribution < 1.29 is 18.7 Å². The smallest absolute Gasteiger partial charge is 0.303 e. The molecule has 0 saturated carbocycles. The molecule has 0 aliphatic carbocycles. The molecule has 30 heavy (non-hydrogen) atoms. The van der Waals surface area contributed by atoms with Gasteiger partial charge in [0.05, 0.1) is 22.9 Å². The topological polar surface area (TPSA) is 85.3 Å². The van der Waals surface area contributed by atoms with E-state index >= 15 is 0 Å². The van der Waals surface area contributed by atoms with E-state index in [1.54, 1.807) is 30.5 Å². The minimum Gasteiger partial charge on any atom is -0.481 e. The first-order chi connectivity index (χ1) is 14.5. The standard InChI is InChI=1S/C23H19FN2O4/c24-16-8-10-17(11-9-16)26-21(5-1-2-6-22(27)28)25-19-14-15(20-4-3-13-30-20)7-12-18(19)23(26)29/h3-4,7-14H,1-2,5-6H2,(H,27,28). The zero-order valence-corrected chi connectivity index (χ0v) is 16.0. The van der Waals surface area contributed by atoms with Crippen molar-refractivity contribution in [2.75, 3.05) is 0 Å². The highest BCUT2D eigenvalue weighted by molar-refractivity contribution is 5.83. The number of hydrogen-bond acceptors (Lipinski definition) is 4. The highest BCUT2D eigenvalue weighted by Gasteiger charge is 2.14. The second kappa shape index (κ2) is 8.32. The van der Waals surface area contributed by atoms with Gasteiger partial charge in [-0.05, 0) is 61.4 Å². The molecule has 0 aliphatic rings. The van der Waals surface area contributed by atoms with Gasteiger partial charge in [0, 0.05) is 18.4 Å². The molecule has 0 spiro atoms. The number of carboxylic acid groups (broad SMARTS) is 1. The zero-order valence-electron chi connectivity index (χ0n) is 16.0. The predicted octanol–water partition coefficient (Wildman–Crippen LogP) is 4.58. The molecule has 0 fully saturated rings. The van der Waals surface area contributed by atoms with Crippen LogP contribution >= 0.6 is 0 Å². The Bertz CT molecular complexity index is 1240. The Morgan fingerprint density at radius 3 is 2.60 bits per heavy atom. The van der Waals surface area contributed by atoms with Crippen molar-refractivity contribution in [1.82, 2.24) is 9.55 Å². The van der Waals surface area contributed by atoms with E-state index in [2.05, 4.69) is 0 Å². The molecule has 0 saturated heterocycles. The summed E-state index contributed by atoms with van der Waals surface area (Å²) in [6.45, 7) is 0. The van der Waals surface area contributed by atoms with Gasteiger partial charge in [-0.3, -0.25) is 14.2 Å². The van der Waals surface area contributed by atoms with Crippen LogP contribution in [0.5, 0.6) is 0 Å². The Kier molecular flexibility index (Phi) is 5.43. The number of aliphatic carboxylic acids is 1. The second-order valence-corrected chi connectivity index (χ2v) is 6.96. The van der Waals surface area contributed by atoms with E-state index in [9.17, 15) is 14.0 Å². The van der Waals surface area contributed by atoms with Crippen LogP contribution in [0.3, 0.4) is 0 Å². The molecule has 2 heterocycles. The first kappa shape index (κ1) is 19.6. The molecule has 152 valence electrons. The summed E-state index contributed by atoms with van der Waals surface area (Å²) < 4.78 is 20.3. The number of carbonyl (C=O) groups is 1. The fourth-order valence-corrected chi connectivity index (χ4v) is 3.41. The molecule has 0 atom stereocenters. The monoisotopic (exact) mass is 406 g/mol. The van der Waals surface area contributed by atoms with Gasteiger partial charge in [-0.1, -0.05) is 6.07 Å². The van der Waals surface area contributed by atoms with Gasteiger partial charge in [-0.25, -0.2) is 9.37 Å². The Balaban J connectivity index is 1.82. The van der Waals surface area contributed by atoms with Crippen LogP contribution in [-0.4, -0.2) is 20.6 Å². The quantitative estimate of drug-likeness (QED) is 0.454. The van der Waals surface area contributed by atoms with E-state index in [1.165, 1.54) is 28.8 Å². The van der Waals surface area contributed by atoms with E-state index in [0.29, 0.717) is 47.4 Å². The van der Waals surface area contributed by atoms with Gasteiger partial charge in [0.2, 0.25) is 0 Å². The maximum Gasteiger partial charge on any atom is 0.303 e. The van der Waals surface area contributed by atoms with Crippen molar-refractivity contribution in [3.63, 3.8) is 0 Å². The van der Waals surface area contributed by atoms with E-state index in [0.717, 1.165) is 5.56 Å². The number of aromatic nitrogens is 2. The number of benzene rings is 2. The van der Waals surface area contributed by atoms with Crippen LogP contribution in [0.2, 0.25) is 0 Å². The maximum absolute atomic E-state index is 13.4. The van der Waals surface area contributed by atoms with E-state index < -0.39 is 11.8 Å². The van der Waals surface area contributed by atoms with Crippen molar-refractivity contribution in [1.29, 1.82) is 0 Å². The molecule has 0 unspecified atom stereocenters. The number of carboxylic acids is 1. The van der Waals surface area contributed by atoms with Gasteiger partial charge in [0.25, 0.3) is 5.56 Å². The molecule has 0 aliphatic heterocycles. The zero-order chi connectivity index (χ0) is 21.1. The van der Waals surface area contributed by atoms with Crippen LogP contribution in [-0.2, 0) is 11.2 Å². The minimum absolute atomic E-state index is 0.0526. The predicted molar refractivity (Wildman–Crippen MR) is 110 cm³/mol. The van der Waals surface area contributed by atoms with Gasteiger partial charge in [0.1, 0.15) is 17.4 Å². The number of hydrogen-bond donors (Lipinski definition) is 1. The van der Waals surface area contributed by atoms with Crippen LogP contribution in [0.4, 0.5) is 4.39 Å². The molecule has 0 radical (unpaired) electrons. The lowest BCUT2D eigenvalue weighted by molar-refractivity contribution is -0.137. The van der Waals surface area contributed by atoms with E-state index in [1.807, 2.05) is 6.07 Å². The van der Waals surface area contributed by atoms with Crippen LogP contribution in [0.25, 0.3) is 27.9 Å². The fourth-order valence-electron chi connectivity index (χ4n) is 3.41. The molecule has 2 aromatic heterocycles. The molecule has 2 aromatic carbocycles. The second-order valence-electron chi connectivity index (χ2n) is 6.96. The number of aryl methyl sites for hydroxylation is 1. The van der Waals surface area contributed by atoms with Crippen LogP contribution in [0, 0.1) is 5.82 Å². The van der Waals surface area contributed by atoms with Gasteiger partial charge < -0.3 is 9.52 Å². The van der Waals surface area contributed by atoms with Gasteiger partial charge >= 0.3 is 5.97 Å². The minimum atomic E-state index is -0.861. The number of halogens is 1. The third-order valence-corrected chi connectivity index (χ3v) is 4.87. The largest absolute Gasteiger partial charge is 0.481 e. The summed E-state index contributed by atoms with van der Waals surface area (Å²) in [7, 11) is 0. The van der Waals surface area contributed by atoms with Crippen molar-refractivity contribution in [2.24, 2.45) is 0 Å². The molecule has 1 N–H and O–H groups in total. The van der Waals surface area contributed by atoms with Crippen molar-refractivity contribution in [2.45, 2.75) is 25.7 Å². The molecule has 0 bridgehead atoms. The van der Waals surface area contributed by atoms with Crippen LogP contribution in [0.15, 0.2) is 70.1 Å². The molecule has 6 nitrogen and oxygen atoms in total. The lowest BCUT2D eigenvalue weighted by Gasteiger charge is -2.14. The summed E-state index contributed by atoms with van der Waals surface area (Å²) in [6.07, 6.45) is 3.08. The lowest BCUT2D eigenvalue weighted by atomic mass is 10.1. The summed E-state index contributed by atoms with van der Waals surface area (Å²) in [5, 5.41) is 9.29. The normalized spacial score (nSPS) is 11.1. The Hall–Kier alpha value is -3.74. The molecule has 0 amide bonds. The third-order valence-electron chi connectivity index (χ3n) is 4.87. The first-order valence-corrected chi connectivity index (χ1v) is 9.60. The Labute approximate surface area is 171 Å². The highest BCUT2D eigenvalue weighted by atomic mass is 19.1. The molecule has 4 rings (SSSR count). The Morgan fingerprint density at radius 1 is 1.10 bits per heavy atom. The summed E-state index contributed by atoms with van der Waals surface area (Å²) >= 11 is 0. The summed E-state index contributed by atoms with van der Waals surface area (Å²) in [4.78, 5) is 28.8. The first-order valence-electron chi connectivity index (χ1n) is 9.60. The lowest BCUT2D eigenvalue weighted by Crippen LogP contribution is -2.24. The molecular weight excluding hydrogens is 387 g/mol. The summed E-state index contributed by atoms with van der Waals surface area (Å²) in [6, 6.07) is 14.6. The molecule has 4 aromatic rings. The average molecular weight is 406 g/mol. The van der Waals surface area contributed by atoms with Crippen LogP contribution < -0.4 is 5.56 Å². The summed E-state index contributed by atoms with van der Waals surface area (Å²) in [5.41, 5.74) is 1.58. The molecular formula is C23H19FN2O4. The number of unbranched alkanes of at least 4 members (excludes halogenated alkanes) is 1. The van der Waals surface area contributed by atoms with E-state index in [4.69, 9.17) is 14.5 Å². The van der Waals surface area contributed by atoms with Crippen LogP contribution in [0.1, 0.15) is 25.1 Å². The third kappa shape index (κ3) is 4.00. The van der Waals surface area contributed by atoms with Crippen molar-refractivity contribution in [3.05, 3.63) is 82.9 Å². The van der Waals surface area contributed by atoms with Crippen molar-refractivity contribution in [3.8, 4) is 17.0 Å². The van der Waals surface area contributed by atoms with Gasteiger partial charge in [-0.2, -0.15) is 0 Å². The number of fused-ring (bicyclic) bond motifs is 1. The van der Waals surface area contributed by atoms with Crippen molar-refractivity contribution >= 4 is 16.9 Å². The SMILES string of the molecule is O=C(O)CCCCc1nc2cc(-c3ccco3)ccc2c(=O)n1-c1ccc(F)cc1. The number of furan rings is 1. The van der Waals surface area contributed by atoms with Gasteiger partial charge in [0.15, 0.2) is 0 Å². The maximum atomic E-state index is 13.4. The number of rotatable bonds is 7. The van der Waals surface area contributed by atoms with Gasteiger partial charge in [-0.15, -0.1) is 0 Å². The summed E-state index contributed by atoms with van der Waals surface area (Å²) in [5.74, 6) is -0.0855. The highest BCUT2D eigenvalue weighted by Crippen LogP contribution is 2.24. The average Bonchev–Trinajstić information content (AvgIpc) is 3.27. The fraction of sp³-hybridized carbons (Fsp3) is 0.174. The number of nitrogens with zero attached hydrogens (tertiary/aromatic N) is 2.